The summed E-state index contributed by atoms with van der Waals surface area (Å²) in [6.45, 7) is 62.2. The van der Waals surface area contributed by atoms with E-state index in [-0.39, 0.29) is 59.1 Å². The van der Waals surface area contributed by atoms with Gasteiger partial charge in [0.05, 0.1) is 65.9 Å². The Labute approximate surface area is 546 Å². The van der Waals surface area contributed by atoms with Gasteiger partial charge in [0.2, 0.25) is 0 Å². The van der Waals surface area contributed by atoms with Gasteiger partial charge in [0, 0.05) is 51.4 Å². The summed E-state index contributed by atoms with van der Waals surface area (Å²) in [6.07, 6.45) is 10.4. The molecule has 0 aliphatic heterocycles. The lowest BCUT2D eigenvalue weighted by Crippen LogP contribution is -2.17. The summed E-state index contributed by atoms with van der Waals surface area (Å²) >= 11 is 0. The average molecular weight is 1280 g/mol. The highest BCUT2D eigenvalue weighted by Crippen LogP contribution is 2.19. The lowest BCUT2D eigenvalue weighted by Gasteiger charge is -2.17. The number of ether oxygens (including phenoxy) is 9. The van der Waals surface area contributed by atoms with Gasteiger partial charge in [0.1, 0.15) is 0 Å². The number of hydrogen-bond donors (Lipinski definition) is 0. The predicted molar refractivity (Wildman–Crippen MR) is 362 cm³/mol. The molecule has 18 heteroatoms. The molecule has 0 atom stereocenters. The van der Waals surface area contributed by atoms with Crippen LogP contribution in [0.5, 0.6) is 0 Å². The summed E-state index contributed by atoms with van der Waals surface area (Å²) < 4.78 is 43.8. The minimum Gasteiger partial charge on any atom is -0.465 e. The Morgan fingerprint density at radius 3 is 0.539 bits per heavy atom. The Morgan fingerprint density at radius 1 is 0.236 bits per heavy atom. The number of carbonyl (C=O) groups excluding carboxylic acids is 9. The van der Waals surface area contributed by atoms with Crippen LogP contribution in [0.25, 0.3) is 0 Å². The third kappa shape index (κ3) is 125. The number of hydrogen-bond acceptors (Lipinski definition) is 18. The average Bonchev–Trinajstić information content (AvgIpc) is 3.56. The Morgan fingerprint density at radius 2 is 0.393 bits per heavy atom. The van der Waals surface area contributed by atoms with E-state index in [1.165, 1.54) is 19.3 Å². The van der Waals surface area contributed by atoms with Crippen LogP contribution in [0.2, 0.25) is 0 Å². The van der Waals surface area contributed by atoms with Crippen molar-refractivity contribution in [3.63, 3.8) is 0 Å². The number of esters is 9. The van der Waals surface area contributed by atoms with Crippen LogP contribution in [0.15, 0.2) is 0 Å². The quantitative estimate of drug-likeness (QED) is 0.0346. The zero-order chi connectivity index (χ0) is 71.5. The monoisotopic (exact) mass is 1280 g/mol. The van der Waals surface area contributed by atoms with Crippen LogP contribution in [0.4, 0.5) is 0 Å². The zero-order valence-electron chi connectivity index (χ0n) is 62.8. The van der Waals surface area contributed by atoms with Crippen LogP contribution in [0, 0.1) is 58.7 Å². The first-order valence-electron chi connectivity index (χ1n) is 33.5. The standard InChI is InChI=1S/C12H24O2.C10H20O2.7C7H14O2/c1-4-5-6-7-8-9-12(13)14-10-11(2)3;1-8(2)7-12-9(11)6-10(3,4)5;7*1-4-7(8)9-5-6(2)3/h11H,4-10H2,1-3H3;8H,6-7H2,1-5H3;7*6H,4-5H2,1-3H3. The fourth-order valence-electron chi connectivity index (χ4n) is 4.48. The maximum Gasteiger partial charge on any atom is 0.306 e. The van der Waals surface area contributed by atoms with E-state index < -0.39 is 0 Å². The second-order valence-electron chi connectivity index (χ2n) is 26.1. The topological polar surface area (TPSA) is 237 Å². The van der Waals surface area contributed by atoms with Crippen LogP contribution in [-0.4, -0.2) is 113 Å². The van der Waals surface area contributed by atoms with Crippen LogP contribution in [0.3, 0.4) is 0 Å². The lowest BCUT2D eigenvalue weighted by molar-refractivity contribution is -0.147. The molecule has 0 heterocycles. The van der Waals surface area contributed by atoms with E-state index in [0.717, 1.165) is 12.8 Å². The third-order valence-electron chi connectivity index (χ3n) is 9.38. The molecule has 0 saturated carbocycles. The highest BCUT2D eigenvalue weighted by molar-refractivity contribution is 5.71. The van der Waals surface area contributed by atoms with Gasteiger partial charge < -0.3 is 42.6 Å². The van der Waals surface area contributed by atoms with E-state index in [1.807, 2.05) is 132 Å². The molecule has 0 rings (SSSR count). The summed E-state index contributed by atoms with van der Waals surface area (Å²) in [6, 6.07) is 0. The lowest BCUT2D eigenvalue weighted by atomic mass is 9.92. The highest BCUT2D eigenvalue weighted by Gasteiger charge is 2.17. The van der Waals surface area contributed by atoms with Crippen molar-refractivity contribution in [3.05, 3.63) is 0 Å². The zero-order valence-corrected chi connectivity index (χ0v) is 62.8. The van der Waals surface area contributed by atoms with Gasteiger partial charge in [0.25, 0.3) is 0 Å². The molecule has 0 N–H and O–H groups in total. The molecule has 0 unspecified atom stereocenters. The molecule has 534 valence electrons. The van der Waals surface area contributed by atoms with E-state index in [2.05, 4.69) is 20.8 Å². The normalized spacial score (nSPS) is 10.2. The summed E-state index contributed by atoms with van der Waals surface area (Å²) in [4.78, 5) is 95.8. The van der Waals surface area contributed by atoms with Crippen LogP contribution < -0.4 is 0 Å². The van der Waals surface area contributed by atoms with Gasteiger partial charge >= 0.3 is 53.7 Å². The summed E-state index contributed by atoms with van der Waals surface area (Å²) in [5, 5.41) is 0. The molecule has 18 nitrogen and oxygen atoms in total. The van der Waals surface area contributed by atoms with Gasteiger partial charge in [0.15, 0.2) is 0 Å². The fraction of sp³-hybridized carbons (Fsp3) is 0.873. The fourth-order valence-corrected chi connectivity index (χ4v) is 4.48. The van der Waals surface area contributed by atoms with Crippen LogP contribution in [-0.2, 0) is 85.8 Å². The van der Waals surface area contributed by atoms with Gasteiger partial charge in [-0.3, -0.25) is 43.2 Å². The van der Waals surface area contributed by atoms with Gasteiger partial charge in [-0.05, 0) is 65.1 Å². The molecule has 0 fully saturated rings. The molecule has 0 radical (unpaired) electrons. The van der Waals surface area contributed by atoms with E-state index >= 15 is 0 Å². The number of carbonyl (C=O) groups is 9. The van der Waals surface area contributed by atoms with Crippen molar-refractivity contribution in [2.75, 3.05) is 59.5 Å². The molecule has 89 heavy (non-hydrogen) atoms. The van der Waals surface area contributed by atoms with Crippen molar-refractivity contribution < 1.29 is 85.8 Å². The molecule has 0 bridgehead atoms. The van der Waals surface area contributed by atoms with Crippen molar-refractivity contribution in [1.82, 2.24) is 0 Å². The molecule has 0 aromatic heterocycles. The van der Waals surface area contributed by atoms with Gasteiger partial charge in [-0.15, -0.1) is 0 Å². The first-order valence-corrected chi connectivity index (χ1v) is 33.5. The van der Waals surface area contributed by atoms with Crippen LogP contribution in [0.1, 0.15) is 291 Å². The van der Waals surface area contributed by atoms with Gasteiger partial charge in [-0.1, -0.05) is 226 Å². The Kier molecular flexibility index (Phi) is 85.7. The van der Waals surface area contributed by atoms with E-state index in [0.29, 0.717) is 171 Å². The van der Waals surface area contributed by atoms with Crippen molar-refractivity contribution in [3.8, 4) is 0 Å². The first-order chi connectivity index (χ1) is 41.1. The molecule has 0 aromatic carbocycles. The van der Waals surface area contributed by atoms with Crippen molar-refractivity contribution in [1.29, 1.82) is 0 Å². The second kappa shape index (κ2) is 74.0. The minimum atomic E-state index is -0.108. The molecule has 0 aromatic rings. The predicted octanol–water partition coefficient (Wildman–Crippen LogP) is 17.3. The summed E-state index contributed by atoms with van der Waals surface area (Å²) in [5.41, 5.74) is 0.0358. The maximum atomic E-state index is 11.2. The van der Waals surface area contributed by atoms with Crippen molar-refractivity contribution in [2.24, 2.45) is 58.7 Å². The molecule has 0 saturated heterocycles. The SMILES string of the molecule is CC(C)COC(=O)CC(C)(C)C.CCC(=O)OCC(C)C.CCC(=O)OCC(C)C.CCC(=O)OCC(C)C.CCC(=O)OCC(C)C.CCC(=O)OCC(C)C.CCC(=O)OCC(C)C.CCC(=O)OCC(C)C.CCCCCCCC(=O)OCC(C)C. The summed E-state index contributed by atoms with van der Waals surface area (Å²) in [5.74, 6) is 3.11. The Balaban J connectivity index is -0.000000116. The van der Waals surface area contributed by atoms with Gasteiger partial charge in [-0.25, -0.2) is 0 Å². The number of rotatable bonds is 32. The smallest absolute Gasteiger partial charge is 0.306 e. The first kappa shape index (κ1) is 103. The Hall–Kier alpha value is -4.77. The molecular formula is C71H142O18. The summed E-state index contributed by atoms with van der Waals surface area (Å²) in [7, 11) is 0. The Bertz CT molecular complexity index is 1410. The van der Waals surface area contributed by atoms with E-state index in [4.69, 9.17) is 42.6 Å². The maximum absolute atomic E-state index is 11.2. The van der Waals surface area contributed by atoms with E-state index in [9.17, 15) is 43.2 Å². The second-order valence-corrected chi connectivity index (χ2v) is 26.1. The minimum absolute atomic E-state index is 0.0322. The largest absolute Gasteiger partial charge is 0.465 e. The van der Waals surface area contributed by atoms with Gasteiger partial charge in [-0.2, -0.15) is 0 Å². The van der Waals surface area contributed by atoms with Crippen molar-refractivity contribution >= 4 is 53.7 Å². The molecule has 0 spiro atoms. The molecule has 0 amide bonds. The molecule has 0 aliphatic rings. The number of unbranched alkanes of at least 4 members (excludes halogenated alkanes) is 4. The molecular weight excluding hydrogens is 1140 g/mol. The highest BCUT2D eigenvalue weighted by atomic mass is 16.6. The third-order valence-corrected chi connectivity index (χ3v) is 9.38. The van der Waals surface area contributed by atoms with Crippen LogP contribution >= 0.6 is 0 Å². The van der Waals surface area contributed by atoms with Crippen molar-refractivity contribution in [2.45, 2.75) is 291 Å². The molecule has 0 aliphatic carbocycles. The van der Waals surface area contributed by atoms with E-state index in [1.54, 1.807) is 48.5 Å².